The van der Waals surface area contributed by atoms with Crippen LogP contribution in [0.4, 0.5) is 4.39 Å². The number of halogens is 1. The molecule has 3 rings (SSSR count). The summed E-state index contributed by atoms with van der Waals surface area (Å²) in [6, 6.07) is 14.2. The van der Waals surface area contributed by atoms with E-state index >= 15 is 0 Å². The molecule has 1 amide bonds. The van der Waals surface area contributed by atoms with Gasteiger partial charge in [0.25, 0.3) is 5.56 Å². The molecular formula is C21H21FN2O2. The van der Waals surface area contributed by atoms with Crippen molar-refractivity contribution in [3.8, 4) is 0 Å². The van der Waals surface area contributed by atoms with E-state index in [1.54, 1.807) is 24.3 Å². The Kier molecular flexibility index (Phi) is 5.46. The Morgan fingerprint density at radius 3 is 2.73 bits per heavy atom. The number of amides is 1. The molecule has 5 heteroatoms. The van der Waals surface area contributed by atoms with Crippen molar-refractivity contribution in [1.29, 1.82) is 0 Å². The topological polar surface area (TPSA) is 62.0 Å². The van der Waals surface area contributed by atoms with Gasteiger partial charge < -0.3 is 10.3 Å². The van der Waals surface area contributed by atoms with Gasteiger partial charge in [-0.15, -0.1) is 0 Å². The van der Waals surface area contributed by atoms with Crippen molar-refractivity contribution in [2.45, 2.75) is 32.7 Å². The van der Waals surface area contributed by atoms with Crippen LogP contribution in [0.5, 0.6) is 0 Å². The van der Waals surface area contributed by atoms with E-state index < -0.39 is 0 Å². The molecule has 0 fully saturated rings. The van der Waals surface area contributed by atoms with Gasteiger partial charge >= 0.3 is 0 Å². The molecule has 26 heavy (non-hydrogen) atoms. The van der Waals surface area contributed by atoms with Crippen LogP contribution in [0.3, 0.4) is 0 Å². The van der Waals surface area contributed by atoms with Crippen molar-refractivity contribution in [3.63, 3.8) is 0 Å². The normalized spacial score (nSPS) is 10.8. The molecule has 1 aromatic heterocycles. The number of carbonyl (C=O) groups is 1. The van der Waals surface area contributed by atoms with Crippen molar-refractivity contribution < 1.29 is 9.18 Å². The van der Waals surface area contributed by atoms with Crippen LogP contribution in [-0.4, -0.2) is 10.9 Å². The first-order chi connectivity index (χ1) is 12.5. The summed E-state index contributed by atoms with van der Waals surface area (Å²) >= 11 is 0. The van der Waals surface area contributed by atoms with Crippen LogP contribution in [0.15, 0.2) is 53.3 Å². The minimum Gasteiger partial charge on any atom is -0.352 e. The van der Waals surface area contributed by atoms with Crippen LogP contribution in [-0.2, 0) is 17.8 Å². The summed E-state index contributed by atoms with van der Waals surface area (Å²) < 4.78 is 13.5. The number of aryl methyl sites for hydroxylation is 2. The van der Waals surface area contributed by atoms with Gasteiger partial charge in [0.2, 0.25) is 5.91 Å². The van der Waals surface area contributed by atoms with Crippen molar-refractivity contribution in [2.24, 2.45) is 0 Å². The van der Waals surface area contributed by atoms with Gasteiger partial charge in [0, 0.05) is 24.0 Å². The molecule has 0 spiro atoms. The molecule has 0 saturated carbocycles. The first kappa shape index (κ1) is 17.9. The second-order valence-corrected chi connectivity index (χ2v) is 6.44. The number of H-pyrrole nitrogens is 1. The summed E-state index contributed by atoms with van der Waals surface area (Å²) in [4.78, 5) is 27.0. The van der Waals surface area contributed by atoms with E-state index in [0.29, 0.717) is 30.4 Å². The average molecular weight is 352 g/mol. The van der Waals surface area contributed by atoms with Gasteiger partial charge in [-0.25, -0.2) is 4.39 Å². The fourth-order valence-corrected chi connectivity index (χ4v) is 2.93. The second kappa shape index (κ2) is 7.95. The third-order valence-corrected chi connectivity index (χ3v) is 4.36. The quantitative estimate of drug-likeness (QED) is 0.712. The smallest absolute Gasteiger partial charge is 0.253 e. The number of fused-ring (bicyclic) bond motifs is 1. The number of aromatic nitrogens is 1. The number of hydrogen-bond donors (Lipinski definition) is 2. The first-order valence-electron chi connectivity index (χ1n) is 8.65. The molecule has 0 unspecified atom stereocenters. The zero-order chi connectivity index (χ0) is 18.5. The van der Waals surface area contributed by atoms with Gasteiger partial charge in [-0.1, -0.05) is 29.8 Å². The molecule has 0 saturated heterocycles. The standard InChI is InChI=1S/C21H21FN2O2/c1-14-9-10-19-16(11-14)12-17(21(26)24-19)13-23-20(25)8-4-6-15-5-2-3-7-18(15)22/h2-3,5,7,9-12H,4,6,8,13H2,1H3,(H,23,25)(H,24,26). The summed E-state index contributed by atoms with van der Waals surface area (Å²) in [5.41, 5.74) is 2.81. The third-order valence-electron chi connectivity index (χ3n) is 4.36. The van der Waals surface area contributed by atoms with Gasteiger partial charge in [-0.2, -0.15) is 0 Å². The molecule has 0 aliphatic heterocycles. The van der Waals surface area contributed by atoms with Gasteiger partial charge in [0.15, 0.2) is 0 Å². The highest BCUT2D eigenvalue weighted by molar-refractivity contribution is 5.80. The lowest BCUT2D eigenvalue weighted by Gasteiger charge is -2.07. The number of aromatic amines is 1. The van der Waals surface area contributed by atoms with E-state index in [1.165, 1.54) is 6.07 Å². The van der Waals surface area contributed by atoms with Gasteiger partial charge in [-0.05, 0) is 55.0 Å². The molecule has 0 aliphatic rings. The Morgan fingerprint density at radius 1 is 1.12 bits per heavy atom. The highest BCUT2D eigenvalue weighted by atomic mass is 19.1. The summed E-state index contributed by atoms with van der Waals surface area (Å²) in [6.07, 6.45) is 1.36. The van der Waals surface area contributed by atoms with Crippen molar-refractivity contribution >= 4 is 16.8 Å². The first-order valence-corrected chi connectivity index (χ1v) is 8.65. The maximum Gasteiger partial charge on any atom is 0.253 e. The number of pyridine rings is 1. The Hall–Kier alpha value is -2.95. The Labute approximate surface area is 151 Å². The van der Waals surface area contributed by atoms with E-state index in [2.05, 4.69) is 10.3 Å². The van der Waals surface area contributed by atoms with Crippen LogP contribution in [0, 0.1) is 12.7 Å². The molecule has 0 atom stereocenters. The molecule has 0 radical (unpaired) electrons. The largest absolute Gasteiger partial charge is 0.352 e. The summed E-state index contributed by atoms with van der Waals surface area (Å²) in [5.74, 6) is -0.393. The number of nitrogens with one attached hydrogen (secondary N) is 2. The fourth-order valence-electron chi connectivity index (χ4n) is 2.93. The lowest BCUT2D eigenvalue weighted by atomic mass is 10.1. The second-order valence-electron chi connectivity index (χ2n) is 6.44. The Morgan fingerprint density at radius 2 is 1.92 bits per heavy atom. The molecule has 2 aromatic carbocycles. The third kappa shape index (κ3) is 4.36. The maximum absolute atomic E-state index is 13.5. The van der Waals surface area contributed by atoms with Crippen LogP contribution >= 0.6 is 0 Å². The van der Waals surface area contributed by atoms with Crippen LogP contribution < -0.4 is 10.9 Å². The lowest BCUT2D eigenvalue weighted by Crippen LogP contribution is -2.26. The van der Waals surface area contributed by atoms with Gasteiger partial charge in [0.05, 0.1) is 0 Å². The number of rotatable bonds is 6. The monoisotopic (exact) mass is 352 g/mol. The predicted molar refractivity (Wildman–Crippen MR) is 100 cm³/mol. The summed E-state index contributed by atoms with van der Waals surface area (Å²) in [6.45, 7) is 2.17. The van der Waals surface area contributed by atoms with Gasteiger partial charge in [0.1, 0.15) is 5.82 Å². The zero-order valence-electron chi connectivity index (χ0n) is 14.6. The van der Waals surface area contributed by atoms with Crippen molar-refractivity contribution in [3.05, 3.63) is 81.4 Å². The maximum atomic E-state index is 13.5. The van der Waals surface area contributed by atoms with Gasteiger partial charge in [-0.3, -0.25) is 9.59 Å². The minimum absolute atomic E-state index is 0.148. The highest BCUT2D eigenvalue weighted by Gasteiger charge is 2.07. The average Bonchev–Trinajstić information content (AvgIpc) is 2.62. The number of carbonyl (C=O) groups excluding carboxylic acids is 1. The Bertz CT molecular complexity index is 995. The van der Waals surface area contributed by atoms with Crippen molar-refractivity contribution in [2.75, 3.05) is 0 Å². The molecule has 0 aliphatic carbocycles. The highest BCUT2D eigenvalue weighted by Crippen LogP contribution is 2.13. The SMILES string of the molecule is Cc1ccc2[nH]c(=O)c(CNC(=O)CCCc3ccccc3F)cc2c1. The van der Waals surface area contributed by atoms with Crippen molar-refractivity contribution in [1.82, 2.24) is 10.3 Å². The van der Waals surface area contributed by atoms with E-state index in [9.17, 15) is 14.0 Å². The van der Waals surface area contributed by atoms with Crippen LogP contribution in [0.25, 0.3) is 10.9 Å². The predicted octanol–water partition coefficient (Wildman–Crippen LogP) is 3.61. The van der Waals surface area contributed by atoms with Crippen LogP contribution in [0.2, 0.25) is 0 Å². The molecule has 0 bridgehead atoms. The summed E-state index contributed by atoms with van der Waals surface area (Å²) in [5, 5.41) is 3.71. The molecular weight excluding hydrogens is 331 g/mol. The molecule has 2 N–H and O–H groups in total. The van der Waals surface area contributed by atoms with Crippen LogP contribution in [0.1, 0.15) is 29.5 Å². The molecule has 3 aromatic rings. The molecule has 134 valence electrons. The van der Waals surface area contributed by atoms with E-state index in [4.69, 9.17) is 0 Å². The number of benzene rings is 2. The minimum atomic E-state index is -0.245. The molecule has 1 heterocycles. The molecule has 4 nitrogen and oxygen atoms in total. The lowest BCUT2D eigenvalue weighted by molar-refractivity contribution is -0.121. The van der Waals surface area contributed by atoms with E-state index in [1.807, 2.05) is 25.1 Å². The van der Waals surface area contributed by atoms with E-state index in [0.717, 1.165) is 16.5 Å². The summed E-state index contributed by atoms with van der Waals surface area (Å²) in [7, 11) is 0. The Balaban J connectivity index is 1.56. The van der Waals surface area contributed by atoms with E-state index in [-0.39, 0.29) is 23.8 Å². The number of hydrogen-bond acceptors (Lipinski definition) is 2. The fraction of sp³-hybridized carbons (Fsp3) is 0.238. The zero-order valence-corrected chi connectivity index (χ0v) is 14.6.